The number of carbonyl (C=O) groups is 1. The van der Waals surface area contributed by atoms with E-state index in [4.69, 9.17) is 5.73 Å². The summed E-state index contributed by atoms with van der Waals surface area (Å²) in [5.41, 5.74) is 6.08. The number of nitrogens with one attached hydrogen (secondary N) is 1. The van der Waals surface area contributed by atoms with Crippen LogP contribution in [0, 0.1) is 17.8 Å². The van der Waals surface area contributed by atoms with Crippen molar-refractivity contribution >= 4 is 5.91 Å². The quantitative estimate of drug-likeness (QED) is 0.793. The molecule has 3 N–H and O–H groups in total. The van der Waals surface area contributed by atoms with E-state index in [2.05, 4.69) is 19.2 Å². The topological polar surface area (TPSA) is 55.1 Å². The highest BCUT2D eigenvalue weighted by atomic mass is 16.1. The minimum absolute atomic E-state index is 0.163. The van der Waals surface area contributed by atoms with Crippen LogP contribution in [0.15, 0.2) is 0 Å². The third kappa shape index (κ3) is 3.47. The summed E-state index contributed by atoms with van der Waals surface area (Å²) in [5.74, 6) is 1.83. The molecule has 0 heterocycles. The maximum atomic E-state index is 12.2. The highest BCUT2D eigenvalue weighted by molar-refractivity contribution is 5.79. The van der Waals surface area contributed by atoms with Crippen LogP contribution in [0.2, 0.25) is 0 Å². The number of nitrogens with two attached hydrogens (primary N) is 1. The Hall–Kier alpha value is -0.570. The van der Waals surface area contributed by atoms with E-state index in [0.717, 1.165) is 38.0 Å². The Morgan fingerprint density at radius 2 is 1.72 bits per heavy atom. The number of hydrogen-bond donors (Lipinski definition) is 2. The van der Waals surface area contributed by atoms with E-state index in [1.807, 2.05) is 0 Å². The van der Waals surface area contributed by atoms with Crippen molar-refractivity contribution in [2.24, 2.45) is 23.5 Å². The molecule has 3 atom stereocenters. The molecule has 3 nitrogen and oxygen atoms in total. The molecule has 3 heteroatoms. The molecule has 2 saturated carbocycles. The molecule has 0 aromatic heterocycles. The molecule has 3 unspecified atom stereocenters. The van der Waals surface area contributed by atoms with Crippen molar-refractivity contribution in [1.29, 1.82) is 0 Å². The molecule has 0 spiro atoms. The van der Waals surface area contributed by atoms with E-state index in [1.165, 1.54) is 12.8 Å². The van der Waals surface area contributed by atoms with Gasteiger partial charge < -0.3 is 11.1 Å². The summed E-state index contributed by atoms with van der Waals surface area (Å²) in [7, 11) is 0. The maximum absolute atomic E-state index is 12.2. The van der Waals surface area contributed by atoms with E-state index in [1.54, 1.807) is 0 Å². The zero-order valence-electron chi connectivity index (χ0n) is 11.8. The third-order valence-corrected chi connectivity index (χ3v) is 4.99. The molecule has 0 aliphatic heterocycles. The largest absolute Gasteiger partial charge is 0.353 e. The molecule has 0 aromatic carbocycles. The van der Waals surface area contributed by atoms with Gasteiger partial charge in [0.25, 0.3) is 0 Å². The van der Waals surface area contributed by atoms with E-state index in [-0.39, 0.29) is 17.9 Å². The summed E-state index contributed by atoms with van der Waals surface area (Å²) in [6.07, 6.45) is 7.81. The summed E-state index contributed by atoms with van der Waals surface area (Å²) in [4.78, 5) is 12.2. The summed E-state index contributed by atoms with van der Waals surface area (Å²) in [6, 6.07) is 0.630. The van der Waals surface area contributed by atoms with Crippen molar-refractivity contribution < 1.29 is 4.79 Å². The first-order valence-corrected chi connectivity index (χ1v) is 7.62. The second kappa shape index (κ2) is 6.05. The predicted octanol–water partition coefficient (Wildman–Crippen LogP) is 2.44. The van der Waals surface area contributed by atoms with Crippen LogP contribution in [0.3, 0.4) is 0 Å². The molecule has 0 bridgehead atoms. The van der Waals surface area contributed by atoms with Crippen molar-refractivity contribution in [1.82, 2.24) is 5.32 Å². The van der Waals surface area contributed by atoms with Gasteiger partial charge in [-0.1, -0.05) is 13.8 Å². The molecule has 18 heavy (non-hydrogen) atoms. The summed E-state index contributed by atoms with van der Waals surface area (Å²) in [5, 5.41) is 3.25. The van der Waals surface area contributed by atoms with Crippen LogP contribution < -0.4 is 11.1 Å². The fourth-order valence-corrected chi connectivity index (χ4v) is 3.32. The second-order valence-electron chi connectivity index (χ2n) is 6.62. The lowest BCUT2D eigenvalue weighted by Gasteiger charge is -2.33. The zero-order valence-corrected chi connectivity index (χ0v) is 11.8. The summed E-state index contributed by atoms with van der Waals surface area (Å²) in [6.45, 7) is 4.50. The predicted molar refractivity (Wildman–Crippen MR) is 74.0 cm³/mol. The maximum Gasteiger partial charge on any atom is 0.223 e. The van der Waals surface area contributed by atoms with Gasteiger partial charge >= 0.3 is 0 Å². The van der Waals surface area contributed by atoms with Gasteiger partial charge in [-0.15, -0.1) is 0 Å². The van der Waals surface area contributed by atoms with Gasteiger partial charge in [-0.25, -0.2) is 0 Å². The number of rotatable bonds is 2. The third-order valence-electron chi connectivity index (χ3n) is 4.99. The Labute approximate surface area is 111 Å². The highest BCUT2D eigenvalue weighted by Crippen LogP contribution is 2.29. The van der Waals surface area contributed by atoms with Gasteiger partial charge in [0, 0.05) is 18.0 Å². The lowest BCUT2D eigenvalue weighted by atomic mass is 9.79. The molecule has 104 valence electrons. The van der Waals surface area contributed by atoms with Crippen molar-refractivity contribution in [2.45, 2.75) is 70.9 Å². The van der Waals surface area contributed by atoms with Crippen molar-refractivity contribution in [3.05, 3.63) is 0 Å². The molecule has 2 fully saturated rings. The Morgan fingerprint density at radius 1 is 1.06 bits per heavy atom. The Kier molecular flexibility index (Phi) is 4.66. The van der Waals surface area contributed by atoms with E-state index in [0.29, 0.717) is 12.0 Å². The highest BCUT2D eigenvalue weighted by Gasteiger charge is 2.31. The lowest BCUT2D eigenvalue weighted by Crippen LogP contribution is -2.45. The number of carbonyl (C=O) groups excluding carboxylic acids is 1. The SMILES string of the molecule is CC1CCC(NC(=O)C2CCC(C)C(N)C2)CC1. The molecular weight excluding hydrogens is 224 g/mol. The lowest BCUT2D eigenvalue weighted by molar-refractivity contribution is -0.127. The average molecular weight is 252 g/mol. The molecule has 0 radical (unpaired) electrons. The molecule has 2 aliphatic carbocycles. The van der Waals surface area contributed by atoms with E-state index < -0.39 is 0 Å². The molecule has 2 aliphatic rings. The standard InChI is InChI=1S/C15H28N2O/c1-10-3-7-13(8-4-10)17-15(18)12-6-5-11(2)14(16)9-12/h10-14H,3-9,16H2,1-2H3,(H,17,18). The van der Waals surface area contributed by atoms with Crippen LogP contribution in [0.5, 0.6) is 0 Å². The minimum atomic E-state index is 0.163. The number of hydrogen-bond acceptors (Lipinski definition) is 2. The molecular formula is C15H28N2O. The number of amides is 1. The molecule has 1 amide bonds. The van der Waals surface area contributed by atoms with Gasteiger partial charge in [-0.05, 0) is 56.8 Å². The first kappa shape index (κ1) is 13.9. The fraction of sp³-hybridized carbons (Fsp3) is 0.933. The van der Waals surface area contributed by atoms with E-state index in [9.17, 15) is 4.79 Å². The van der Waals surface area contributed by atoms with E-state index >= 15 is 0 Å². The van der Waals surface area contributed by atoms with Crippen LogP contribution in [-0.4, -0.2) is 18.0 Å². The van der Waals surface area contributed by atoms with Crippen molar-refractivity contribution in [2.75, 3.05) is 0 Å². The Bertz CT molecular complexity index is 284. The van der Waals surface area contributed by atoms with Crippen LogP contribution in [0.1, 0.15) is 58.8 Å². The van der Waals surface area contributed by atoms with Crippen molar-refractivity contribution in [3.63, 3.8) is 0 Å². The minimum Gasteiger partial charge on any atom is -0.353 e. The first-order chi connectivity index (χ1) is 8.56. The molecule has 2 rings (SSSR count). The first-order valence-electron chi connectivity index (χ1n) is 7.62. The summed E-state index contributed by atoms with van der Waals surface area (Å²) < 4.78 is 0. The van der Waals surface area contributed by atoms with Crippen LogP contribution in [-0.2, 0) is 4.79 Å². The second-order valence-corrected chi connectivity index (χ2v) is 6.62. The Morgan fingerprint density at radius 3 is 2.33 bits per heavy atom. The summed E-state index contributed by atoms with van der Waals surface area (Å²) >= 11 is 0. The van der Waals surface area contributed by atoms with Crippen LogP contribution in [0.25, 0.3) is 0 Å². The van der Waals surface area contributed by atoms with Gasteiger partial charge in [-0.2, -0.15) is 0 Å². The van der Waals surface area contributed by atoms with Gasteiger partial charge in [0.15, 0.2) is 0 Å². The molecule has 0 aromatic rings. The zero-order chi connectivity index (χ0) is 13.1. The monoisotopic (exact) mass is 252 g/mol. The van der Waals surface area contributed by atoms with Crippen LogP contribution in [0.4, 0.5) is 0 Å². The van der Waals surface area contributed by atoms with Crippen molar-refractivity contribution in [3.8, 4) is 0 Å². The average Bonchev–Trinajstić information content (AvgIpc) is 2.35. The van der Waals surface area contributed by atoms with Crippen LogP contribution >= 0.6 is 0 Å². The smallest absolute Gasteiger partial charge is 0.223 e. The van der Waals surface area contributed by atoms with Gasteiger partial charge in [0.1, 0.15) is 0 Å². The fourth-order valence-electron chi connectivity index (χ4n) is 3.32. The Balaban J connectivity index is 1.78. The normalized spacial score (nSPS) is 41.4. The van der Waals surface area contributed by atoms with Gasteiger partial charge in [0.2, 0.25) is 5.91 Å². The molecule has 0 saturated heterocycles. The van der Waals surface area contributed by atoms with Gasteiger partial charge in [0.05, 0.1) is 0 Å². The van der Waals surface area contributed by atoms with Gasteiger partial charge in [-0.3, -0.25) is 4.79 Å².